The Labute approximate surface area is 127 Å². The number of hydrogen-bond donors (Lipinski definition) is 1. The zero-order valence-electron chi connectivity index (χ0n) is 13.6. The number of hydrogen-bond acceptors (Lipinski definition) is 4. The highest BCUT2D eigenvalue weighted by Gasteiger charge is 2.29. The van der Waals surface area contributed by atoms with Crippen LogP contribution in [-0.2, 0) is 11.8 Å². The number of nitrogens with one attached hydrogen (secondary N) is 1. The fourth-order valence-corrected chi connectivity index (χ4v) is 2.43. The summed E-state index contributed by atoms with van der Waals surface area (Å²) in [6, 6.07) is 10.6. The van der Waals surface area contributed by atoms with Crippen molar-refractivity contribution in [3.8, 4) is 0 Å². The smallest absolute Gasteiger partial charge is 0.228 e. The van der Waals surface area contributed by atoms with E-state index in [1.807, 2.05) is 25.2 Å². The molecule has 4 heteroatoms. The van der Waals surface area contributed by atoms with Crippen molar-refractivity contribution in [1.29, 1.82) is 0 Å². The molecule has 0 fully saturated rings. The molecule has 0 saturated heterocycles. The van der Waals surface area contributed by atoms with E-state index in [4.69, 9.17) is 4.52 Å². The summed E-state index contributed by atoms with van der Waals surface area (Å²) in [5.74, 6) is 1.96. The Hall–Kier alpha value is -1.68. The van der Waals surface area contributed by atoms with Crippen molar-refractivity contribution < 1.29 is 4.52 Å². The zero-order chi connectivity index (χ0) is 15.5. The minimum absolute atomic E-state index is 0.254. The molecule has 2 rings (SSSR count). The molecule has 4 nitrogen and oxygen atoms in total. The normalized spacial score (nSPS) is 13.6. The van der Waals surface area contributed by atoms with Crippen molar-refractivity contribution >= 4 is 0 Å². The van der Waals surface area contributed by atoms with E-state index in [9.17, 15) is 0 Å². The first-order chi connectivity index (χ1) is 9.95. The lowest BCUT2D eigenvalue weighted by atomic mass is 9.84. The molecule has 1 aromatic carbocycles. The molecule has 1 heterocycles. The molecule has 0 saturated carbocycles. The first-order valence-electron chi connectivity index (χ1n) is 7.51. The molecule has 2 aromatic rings. The number of benzene rings is 1. The van der Waals surface area contributed by atoms with E-state index in [-0.39, 0.29) is 5.41 Å². The lowest BCUT2D eigenvalue weighted by molar-refractivity contribution is 0.330. The van der Waals surface area contributed by atoms with Crippen molar-refractivity contribution in [2.75, 3.05) is 7.05 Å². The van der Waals surface area contributed by atoms with Crippen LogP contribution in [-0.4, -0.2) is 23.2 Å². The second-order valence-corrected chi connectivity index (χ2v) is 6.35. The van der Waals surface area contributed by atoms with Gasteiger partial charge in [-0.2, -0.15) is 4.98 Å². The number of rotatable bonds is 6. The summed E-state index contributed by atoms with van der Waals surface area (Å²) < 4.78 is 5.45. The fraction of sp³-hybridized carbons (Fsp3) is 0.529. The molecule has 1 aromatic heterocycles. The van der Waals surface area contributed by atoms with Gasteiger partial charge in [0.05, 0.1) is 5.41 Å². The second-order valence-electron chi connectivity index (χ2n) is 6.35. The van der Waals surface area contributed by atoms with Crippen LogP contribution in [0.25, 0.3) is 0 Å². The van der Waals surface area contributed by atoms with Crippen LogP contribution in [0.4, 0.5) is 0 Å². The van der Waals surface area contributed by atoms with Crippen LogP contribution in [0.3, 0.4) is 0 Å². The van der Waals surface area contributed by atoms with E-state index in [1.54, 1.807) is 0 Å². The SMILES string of the molecule is CNC(Cc1nc(C(C)(C)c2ccccc2)no1)C(C)C. The standard InChI is InChI=1S/C17H25N3O/c1-12(2)14(18-5)11-15-19-16(20-21-15)17(3,4)13-9-7-6-8-10-13/h6-10,12,14,18H,11H2,1-5H3. The number of nitrogens with zero attached hydrogens (tertiary/aromatic N) is 2. The largest absolute Gasteiger partial charge is 0.339 e. The molecule has 21 heavy (non-hydrogen) atoms. The predicted molar refractivity (Wildman–Crippen MR) is 84.3 cm³/mol. The highest BCUT2D eigenvalue weighted by atomic mass is 16.5. The summed E-state index contributed by atoms with van der Waals surface area (Å²) in [7, 11) is 1.97. The van der Waals surface area contributed by atoms with Crippen LogP contribution in [0.15, 0.2) is 34.9 Å². The first kappa shape index (κ1) is 15.7. The van der Waals surface area contributed by atoms with Gasteiger partial charge in [0.2, 0.25) is 5.89 Å². The lowest BCUT2D eigenvalue weighted by Gasteiger charge is -2.20. The molecule has 0 bridgehead atoms. The maximum atomic E-state index is 5.45. The molecule has 0 aliphatic rings. The van der Waals surface area contributed by atoms with Gasteiger partial charge in [0.1, 0.15) is 0 Å². The Morgan fingerprint density at radius 2 is 1.86 bits per heavy atom. The van der Waals surface area contributed by atoms with E-state index in [0.29, 0.717) is 17.9 Å². The molecule has 0 aliphatic carbocycles. The summed E-state index contributed by atoms with van der Waals surface area (Å²) in [6.45, 7) is 8.61. The summed E-state index contributed by atoms with van der Waals surface area (Å²) in [5, 5.41) is 7.50. The third-order valence-electron chi connectivity index (χ3n) is 4.09. The Kier molecular flexibility index (Phi) is 4.78. The third-order valence-corrected chi connectivity index (χ3v) is 4.09. The van der Waals surface area contributed by atoms with Crippen molar-refractivity contribution in [2.24, 2.45) is 5.92 Å². The van der Waals surface area contributed by atoms with E-state index >= 15 is 0 Å². The highest BCUT2D eigenvalue weighted by molar-refractivity contribution is 5.30. The molecule has 1 N–H and O–H groups in total. The van der Waals surface area contributed by atoms with Gasteiger partial charge in [-0.25, -0.2) is 0 Å². The van der Waals surface area contributed by atoms with Crippen molar-refractivity contribution in [1.82, 2.24) is 15.5 Å². The molecule has 1 atom stereocenters. The summed E-state index contributed by atoms with van der Waals surface area (Å²) in [4.78, 5) is 4.61. The van der Waals surface area contributed by atoms with E-state index in [0.717, 1.165) is 12.2 Å². The number of aromatic nitrogens is 2. The average Bonchev–Trinajstić information content (AvgIpc) is 2.94. The average molecular weight is 287 g/mol. The maximum Gasteiger partial charge on any atom is 0.228 e. The minimum atomic E-state index is -0.254. The quantitative estimate of drug-likeness (QED) is 0.886. The lowest BCUT2D eigenvalue weighted by Crippen LogP contribution is -2.32. The predicted octanol–water partition coefficient (Wildman–Crippen LogP) is 3.18. The fourth-order valence-electron chi connectivity index (χ4n) is 2.43. The second kappa shape index (κ2) is 6.39. The molecule has 0 amide bonds. The monoisotopic (exact) mass is 287 g/mol. The Balaban J connectivity index is 2.19. The van der Waals surface area contributed by atoms with Crippen LogP contribution in [0.2, 0.25) is 0 Å². The number of likely N-dealkylation sites (N-methyl/N-ethyl adjacent to an activating group) is 1. The molecular formula is C17H25N3O. The third kappa shape index (κ3) is 3.50. The highest BCUT2D eigenvalue weighted by Crippen LogP contribution is 2.29. The van der Waals surface area contributed by atoms with Crippen LogP contribution in [0.1, 0.15) is 45.0 Å². The van der Waals surface area contributed by atoms with Gasteiger partial charge in [-0.3, -0.25) is 0 Å². The van der Waals surface area contributed by atoms with E-state index < -0.39 is 0 Å². The zero-order valence-corrected chi connectivity index (χ0v) is 13.6. The Bertz CT molecular complexity index is 560. The minimum Gasteiger partial charge on any atom is -0.339 e. The Morgan fingerprint density at radius 1 is 1.19 bits per heavy atom. The maximum absolute atomic E-state index is 5.45. The molecular weight excluding hydrogens is 262 g/mol. The van der Waals surface area contributed by atoms with Gasteiger partial charge in [0.25, 0.3) is 0 Å². The van der Waals surface area contributed by atoms with E-state index in [2.05, 4.69) is 55.3 Å². The molecule has 0 aliphatic heterocycles. The van der Waals surface area contributed by atoms with Gasteiger partial charge < -0.3 is 9.84 Å². The van der Waals surface area contributed by atoms with Gasteiger partial charge in [0, 0.05) is 12.5 Å². The van der Waals surface area contributed by atoms with Gasteiger partial charge in [-0.05, 0) is 32.4 Å². The van der Waals surface area contributed by atoms with Crippen molar-refractivity contribution in [3.63, 3.8) is 0 Å². The van der Waals surface area contributed by atoms with Crippen molar-refractivity contribution in [3.05, 3.63) is 47.6 Å². The summed E-state index contributed by atoms with van der Waals surface area (Å²) >= 11 is 0. The molecule has 0 spiro atoms. The van der Waals surface area contributed by atoms with Gasteiger partial charge >= 0.3 is 0 Å². The van der Waals surface area contributed by atoms with Crippen molar-refractivity contribution in [2.45, 2.75) is 45.6 Å². The summed E-state index contributed by atoms with van der Waals surface area (Å²) in [6.07, 6.45) is 0.756. The van der Waals surface area contributed by atoms with Crippen LogP contribution in [0.5, 0.6) is 0 Å². The van der Waals surface area contributed by atoms with Gasteiger partial charge in [0.15, 0.2) is 5.82 Å². The topological polar surface area (TPSA) is 51.0 Å². The van der Waals surface area contributed by atoms with Crippen LogP contribution >= 0.6 is 0 Å². The van der Waals surface area contributed by atoms with E-state index in [1.165, 1.54) is 5.56 Å². The van der Waals surface area contributed by atoms with Crippen LogP contribution in [0, 0.1) is 5.92 Å². The van der Waals surface area contributed by atoms with Crippen LogP contribution < -0.4 is 5.32 Å². The van der Waals surface area contributed by atoms with Gasteiger partial charge in [-0.1, -0.05) is 49.3 Å². The molecule has 1 unspecified atom stereocenters. The molecule has 114 valence electrons. The first-order valence-corrected chi connectivity index (χ1v) is 7.51. The molecule has 0 radical (unpaired) electrons. The van der Waals surface area contributed by atoms with Gasteiger partial charge in [-0.15, -0.1) is 0 Å². The Morgan fingerprint density at radius 3 is 2.43 bits per heavy atom. The summed E-state index contributed by atoms with van der Waals surface area (Å²) in [5.41, 5.74) is 0.932.